The molecule has 88 valence electrons. The van der Waals surface area contributed by atoms with Crippen LogP contribution in [0.5, 0.6) is 0 Å². The van der Waals surface area contributed by atoms with E-state index in [-0.39, 0.29) is 5.41 Å². The van der Waals surface area contributed by atoms with E-state index >= 15 is 0 Å². The zero-order chi connectivity index (χ0) is 11.2. The Morgan fingerprint density at radius 3 is 3.19 bits per heavy atom. The highest BCUT2D eigenvalue weighted by molar-refractivity contribution is 5.11. The van der Waals surface area contributed by atoms with Crippen LogP contribution in [0.3, 0.4) is 0 Å². The van der Waals surface area contributed by atoms with Crippen LogP contribution in [0.2, 0.25) is 0 Å². The maximum absolute atomic E-state index is 5.74. The topological polar surface area (TPSA) is 75.7 Å². The van der Waals surface area contributed by atoms with E-state index in [0.717, 1.165) is 18.9 Å². The first kappa shape index (κ1) is 10.2. The quantitative estimate of drug-likeness (QED) is 0.760. The number of aromatic amines is 1. The van der Waals surface area contributed by atoms with E-state index in [2.05, 4.69) is 39.8 Å². The van der Waals surface area contributed by atoms with Crippen LogP contribution >= 0.6 is 0 Å². The zero-order valence-electron chi connectivity index (χ0n) is 9.60. The molecule has 1 aliphatic heterocycles. The third-order valence-corrected chi connectivity index (χ3v) is 3.97. The van der Waals surface area contributed by atoms with E-state index < -0.39 is 0 Å². The number of hydrogen-bond acceptors (Lipinski definition) is 5. The molecule has 1 saturated carbocycles. The van der Waals surface area contributed by atoms with Gasteiger partial charge in [0.1, 0.15) is 0 Å². The molecule has 2 heterocycles. The van der Waals surface area contributed by atoms with Gasteiger partial charge in [-0.3, -0.25) is 0 Å². The van der Waals surface area contributed by atoms with Crippen molar-refractivity contribution in [2.24, 2.45) is 11.3 Å². The number of nitrogens with one attached hydrogen (secondary N) is 2. The van der Waals surface area contributed by atoms with Crippen LogP contribution in [0, 0.1) is 11.3 Å². The molecule has 1 aromatic heterocycles. The number of fused-ring (bicyclic) bond motifs is 1. The molecule has 0 spiro atoms. The molecule has 1 saturated heterocycles. The van der Waals surface area contributed by atoms with Gasteiger partial charge in [-0.15, -0.1) is 10.2 Å². The molecule has 1 aliphatic carbocycles. The minimum atomic E-state index is 0.213. The van der Waals surface area contributed by atoms with Crippen molar-refractivity contribution in [2.75, 3.05) is 6.61 Å². The van der Waals surface area contributed by atoms with Gasteiger partial charge in [0.05, 0.1) is 12.6 Å². The number of rotatable bonds is 3. The lowest BCUT2D eigenvalue weighted by Gasteiger charge is -2.54. The van der Waals surface area contributed by atoms with Gasteiger partial charge >= 0.3 is 0 Å². The van der Waals surface area contributed by atoms with Crippen molar-refractivity contribution in [3.63, 3.8) is 0 Å². The summed E-state index contributed by atoms with van der Waals surface area (Å²) in [6.07, 6.45) is 1.59. The van der Waals surface area contributed by atoms with Gasteiger partial charge in [0.25, 0.3) is 0 Å². The molecule has 0 bridgehead atoms. The Morgan fingerprint density at radius 1 is 1.56 bits per heavy atom. The van der Waals surface area contributed by atoms with Gasteiger partial charge < -0.3 is 10.1 Å². The fourth-order valence-corrected chi connectivity index (χ4v) is 3.20. The Bertz CT molecular complexity index is 363. The van der Waals surface area contributed by atoms with Gasteiger partial charge in [0, 0.05) is 24.0 Å². The summed E-state index contributed by atoms with van der Waals surface area (Å²) in [5.74, 6) is 1.38. The maximum Gasteiger partial charge on any atom is 0.188 e. The second-order valence-electron chi connectivity index (χ2n) is 5.25. The Balaban J connectivity index is 1.63. The first-order chi connectivity index (χ1) is 7.69. The average molecular weight is 223 g/mol. The summed E-state index contributed by atoms with van der Waals surface area (Å²) in [5, 5.41) is 17.4. The third kappa shape index (κ3) is 1.36. The van der Waals surface area contributed by atoms with Gasteiger partial charge in [0.2, 0.25) is 0 Å². The lowest BCUT2D eigenvalue weighted by Crippen LogP contribution is -2.65. The molecule has 2 N–H and O–H groups in total. The lowest BCUT2D eigenvalue weighted by atomic mass is 9.57. The minimum absolute atomic E-state index is 0.213. The highest BCUT2D eigenvalue weighted by Crippen LogP contribution is 2.52. The lowest BCUT2D eigenvalue weighted by molar-refractivity contribution is -0.113. The summed E-state index contributed by atoms with van der Waals surface area (Å²) in [6.45, 7) is 6.09. The third-order valence-electron chi connectivity index (χ3n) is 3.97. The zero-order valence-corrected chi connectivity index (χ0v) is 9.60. The van der Waals surface area contributed by atoms with Crippen molar-refractivity contribution in [1.29, 1.82) is 0 Å². The number of nitrogens with zero attached hydrogens (tertiary/aromatic N) is 3. The Morgan fingerprint density at radius 2 is 2.44 bits per heavy atom. The number of H-pyrrole nitrogens is 1. The molecule has 3 unspecified atom stereocenters. The molecule has 16 heavy (non-hydrogen) atoms. The van der Waals surface area contributed by atoms with Gasteiger partial charge in [-0.1, -0.05) is 19.1 Å². The van der Waals surface area contributed by atoms with Crippen molar-refractivity contribution in [3.05, 3.63) is 5.82 Å². The highest BCUT2D eigenvalue weighted by atomic mass is 16.5. The van der Waals surface area contributed by atoms with Crippen LogP contribution in [0.1, 0.15) is 26.1 Å². The van der Waals surface area contributed by atoms with Gasteiger partial charge in [0.15, 0.2) is 5.82 Å². The Labute approximate surface area is 94.1 Å². The second-order valence-corrected chi connectivity index (χ2v) is 5.25. The molecule has 6 heteroatoms. The molecule has 0 amide bonds. The van der Waals surface area contributed by atoms with Crippen LogP contribution in [-0.4, -0.2) is 39.4 Å². The van der Waals surface area contributed by atoms with E-state index in [1.54, 1.807) is 0 Å². The summed E-state index contributed by atoms with van der Waals surface area (Å²) < 4.78 is 5.74. The van der Waals surface area contributed by atoms with E-state index in [0.29, 0.717) is 24.6 Å². The summed E-state index contributed by atoms with van der Waals surface area (Å²) in [5.41, 5.74) is 0.213. The van der Waals surface area contributed by atoms with Crippen LogP contribution in [-0.2, 0) is 11.3 Å². The standard InChI is InChI=1S/C10H17N5O/c1-10(2)8(6-3-4-16-9(6)10)11-5-7-12-14-15-13-7/h6,8-9,11H,3-5H2,1-2H3,(H,12,13,14,15). The van der Waals surface area contributed by atoms with E-state index in [9.17, 15) is 0 Å². The van der Waals surface area contributed by atoms with Crippen LogP contribution in [0.4, 0.5) is 0 Å². The van der Waals surface area contributed by atoms with Crippen LogP contribution in [0.15, 0.2) is 0 Å². The number of ether oxygens (including phenoxy) is 1. The second kappa shape index (κ2) is 3.49. The molecular formula is C10H17N5O. The Kier molecular flexibility index (Phi) is 2.22. The van der Waals surface area contributed by atoms with Crippen LogP contribution in [0.25, 0.3) is 0 Å². The number of tetrazole rings is 1. The highest BCUT2D eigenvalue weighted by Gasteiger charge is 2.58. The van der Waals surface area contributed by atoms with E-state index in [1.807, 2.05) is 0 Å². The van der Waals surface area contributed by atoms with Crippen molar-refractivity contribution in [1.82, 2.24) is 25.9 Å². The molecule has 3 atom stereocenters. The summed E-state index contributed by atoms with van der Waals surface area (Å²) >= 11 is 0. The monoisotopic (exact) mass is 223 g/mol. The van der Waals surface area contributed by atoms with Crippen molar-refractivity contribution >= 4 is 0 Å². The molecular weight excluding hydrogens is 206 g/mol. The fourth-order valence-electron chi connectivity index (χ4n) is 3.20. The van der Waals surface area contributed by atoms with Crippen molar-refractivity contribution in [2.45, 2.75) is 39.0 Å². The van der Waals surface area contributed by atoms with Gasteiger partial charge in [-0.05, 0) is 6.42 Å². The number of aromatic nitrogens is 4. The Hall–Kier alpha value is -1.01. The van der Waals surface area contributed by atoms with Crippen molar-refractivity contribution < 1.29 is 4.74 Å². The molecule has 0 aromatic carbocycles. The molecule has 1 aromatic rings. The first-order valence-electron chi connectivity index (χ1n) is 5.77. The first-order valence-corrected chi connectivity index (χ1v) is 5.77. The molecule has 0 radical (unpaired) electrons. The minimum Gasteiger partial charge on any atom is -0.377 e. The van der Waals surface area contributed by atoms with Crippen molar-refractivity contribution in [3.8, 4) is 0 Å². The average Bonchev–Trinajstić information content (AvgIpc) is 2.86. The predicted molar refractivity (Wildman–Crippen MR) is 56.4 cm³/mol. The fraction of sp³-hybridized carbons (Fsp3) is 0.900. The smallest absolute Gasteiger partial charge is 0.188 e. The largest absolute Gasteiger partial charge is 0.377 e. The molecule has 2 fully saturated rings. The SMILES string of the molecule is CC1(C)C(NCc2nn[nH]n2)C2CCOC21. The normalized spacial score (nSPS) is 35.8. The van der Waals surface area contributed by atoms with Gasteiger partial charge in [-0.25, -0.2) is 0 Å². The summed E-state index contributed by atoms with van der Waals surface area (Å²) in [7, 11) is 0. The molecule has 6 nitrogen and oxygen atoms in total. The molecule has 3 rings (SSSR count). The summed E-state index contributed by atoms with van der Waals surface area (Å²) in [6, 6.07) is 0.499. The number of hydrogen-bond donors (Lipinski definition) is 2. The van der Waals surface area contributed by atoms with Gasteiger partial charge in [-0.2, -0.15) is 5.21 Å². The van der Waals surface area contributed by atoms with E-state index in [4.69, 9.17) is 4.74 Å². The maximum atomic E-state index is 5.74. The predicted octanol–water partition coefficient (Wildman–Crippen LogP) is 0.103. The van der Waals surface area contributed by atoms with Crippen LogP contribution < -0.4 is 5.32 Å². The van der Waals surface area contributed by atoms with E-state index in [1.165, 1.54) is 0 Å². The molecule has 2 aliphatic rings. The summed E-state index contributed by atoms with van der Waals surface area (Å²) in [4.78, 5) is 0.